The Balaban J connectivity index is 1.83. The molecule has 0 saturated heterocycles. The summed E-state index contributed by atoms with van der Waals surface area (Å²) in [5, 5.41) is 26.6. The smallest absolute Gasteiger partial charge is 0.271 e. The van der Waals surface area contributed by atoms with E-state index in [1.807, 2.05) is 24.3 Å². The number of non-ortho nitro benzene ring substituents is 1. The largest absolute Gasteiger partial charge is 0.871 e. The fourth-order valence-corrected chi connectivity index (χ4v) is 2.43. The molecule has 0 fully saturated rings. The number of imidazole rings is 1. The van der Waals surface area contributed by atoms with E-state index >= 15 is 0 Å². The van der Waals surface area contributed by atoms with Crippen LogP contribution < -0.4 is 10.5 Å². The molecule has 0 aliphatic heterocycles. The highest BCUT2D eigenvalue weighted by Crippen LogP contribution is 2.29. The molecule has 0 saturated carbocycles. The molecule has 2 aromatic carbocycles. The summed E-state index contributed by atoms with van der Waals surface area (Å²) in [6.45, 7) is 0. The summed E-state index contributed by atoms with van der Waals surface area (Å²) < 4.78 is 0.108. The van der Waals surface area contributed by atoms with E-state index in [0.29, 0.717) is 5.95 Å². The molecule has 9 heteroatoms. The Bertz CT molecular complexity index is 889. The zero-order chi connectivity index (χ0) is 16.4. The Hall–Kier alpha value is -2.94. The molecule has 0 atom stereocenters. The first-order chi connectivity index (χ1) is 11.0. The number of aromatic nitrogens is 2. The number of nitro benzene ring substituents is 1. The van der Waals surface area contributed by atoms with E-state index in [-0.39, 0.29) is 21.5 Å². The van der Waals surface area contributed by atoms with Crippen LogP contribution in [0.5, 0.6) is 5.75 Å². The van der Waals surface area contributed by atoms with Crippen molar-refractivity contribution in [2.75, 3.05) is 5.43 Å². The van der Waals surface area contributed by atoms with Gasteiger partial charge in [-0.05, 0) is 17.7 Å². The van der Waals surface area contributed by atoms with E-state index < -0.39 is 4.92 Å². The molecule has 3 rings (SSSR count). The molecular weight excluding hydrogens is 366 g/mol. The molecule has 116 valence electrons. The number of nitro groups is 1. The molecule has 2 N–H and O–H groups in total. The number of benzene rings is 2. The summed E-state index contributed by atoms with van der Waals surface area (Å²) in [7, 11) is 0. The van der Waals surface area contributed by atoms with Gasteiger partial charge in [0.15, 0.2) is 0 Å². The second-order valence-electron chi connectivity index (χ2n) is 4.58. The van der Waals surface area contributed by atoms with Gasteiger partial charge in [0.25, 0.3) is 5.69 Å². The lowest BCUT2D eigenvalue weighted by Gasteiger charge is -2.11. The Morgan fingerprint density at radius 3 is 2.87 bits per heavy atom. The normalized spacial score (nSPS) is 11.2. The summed E-state index contributed by atoms with van der Waals surface area (Å²) in [4.78, 5) is 17.5. The third-order valence-electron chi connectivity index (χ3n) is 3.03. The summed E-state index contributed by atoms with van der Waals surface area (Å²) in [6, 6.07) is 9.76. The highest BCUT2D eigenvalue weighted by Gasteiger charge is 2.09. The predicted octanol–water partition coefficient (Wildman–Crippen LogP) is 2.75. The van der Waals surface area contributed by atoms with E-state index in [9.17, 15) is 15.2 Å². The maximum absolute atomic E-state index is 11.9. The van der Waals surface area contributed by atoms with Crippen LogP contribution in [-0.4, -0.2) is 21.1 Å². The zero-order valence-electron chi connectivity index (χ0n) is 11.5. The average molecular weight is 375 g/mol. The van der Waals surface area contributed by atoms with Crippen molar-refractivity contribution in [3.05, 3.63) is 56.5 Å². The molecule has 0 aliphatic carbocycles. The molecule has 0 radical (unpaired) electrons. The number of H-pyrrole nitrogens is 1. The van der Waals surface area contributed by atoms with Crippen molar-refractivity contribution in [3.8, 4) is 5.75 Å². The zero-order valence-corrected chi connectivity index (χ0v) is 13.1. The van der Waals surface area contributed by atoms with E-state index in [1.165, 1.54) is 6.21 Å². The van der Waals surface area contributed by atoms with Crippen LogP contribution in [-0.2, 0) is 0 Å². The van der Waals surface area contributed by atoms with Gasteiger partial charge in [0, 0.05) is 16.6 Å². The Morgan fingerprint density at radius 1 is 1.35 bits per heavy atom. The van der Waals surface area contributed by atoms with Gasteiger partial charge < -0.3 is 10.1 Å². The first-order valence-electron chi connectivity index (χ1n) is 6.43. The summed E-state index contributed by atoms with van der Waals surface area (Å²) in [5.41, 5.74) is 4.17. The molecule has 0 spiro atoms. The van der Waals surface area contributed by atoms with Crippen molar-refractivity contribution >= 4 is 44.8 Å². The number of nitrogens with zero attached hydrogens (tertiary/aromatic N) is 3. The summed E-state index contributed by atoms with van der Waals surface area (Å²) >= 11 is 3.01. The Morgan fingerprint density at radius 2 is 2.13 bits per heavy atom. The van der Waals surface area contributed by atoms with Gasteiger partial charge in [0.2, 0.25) is 5.95 Å². The maximum atomic E-state index is 11.9. The molecule has 8 nitrogen and oxygen atoms in total. The highest BCUT2D eigenvalue weighted by atomic mass is 79.9. The van der Waals surface area contributed by atoms with Gasteiger partial charge in [-0.15, -0.1) is 0 Å². The maximum Gasteiger partial charge on any atom is 0.271 e. The van der Waals surface area contributed by atoms with Crippen LogP contribution in [0.4, 0.5) is 11.6 Å². The third kappa shape index (κ3) is 3.14. The number of fused-ring (bicyclic) bond motifs is 1. The summed E-state index contributed by atoms with van der Waals surface area (Å²) in [6.07, 6.45) is 1.22. The number of anilines is 1. The molecular formula is C14H9BrN5O3-. The lowest BCUT2D eigenvalue weighted by molar-refractivity contribution is -0.385. The van der Waals surface area contributed by atoms with Gasteiger partial charge in [-0.25, -0.2) is 10.4 Å². The molecule has 0 bridgehead atoms. The van der Waals surface area contributed by atoms with Crippen molar-refractivity contribution < 1.29 is 10.0 Å². The van der Waals surface area contributed by atoms with Gasteiger partial charge in [-0.2, -0.15) is 5.10 Å². The van der Waals surface area contributed by atoms with Gasteiger partial charge >= 0.3 is 0 Å². The third-order valence-corrected chi connectivity index (χ3v) is 3.62. The number of hydrazone groups is 1. The lowest BCUT2D eigenvalue weighted by atomic mass is 10.2. The van der Waals surface area contributed by atoms with Gasteiger partial charge in [0.1, 0.15) is 0 Å². The molecule has 0 aliphatic rings. The number of para-hydroxylation sites is 2. The van der Waals surface area contributed by atoms with Crippen molar-refractivity contribution in [2.45, 2.75) is 0 Å². The summed E-state index contributed by atoms with van der Waals surface area (Å²) in [5.74, 6) is 0.0187. The monoisotopic (exact) mass is 374 g/mol. The fraction of sp³-hybridized carbons (Fsp3) is 0. The molecule has 1 heterocycles. The first-order valence-corrected chi connectivity index (χ1v) is 7.22. The van der Waals surface area contributed by atoms with Crippen molar-refractivity contribution in [1.82, 2.24) is 9.97 Å². The van der Waals surface area contributed by atoms with Gasteiger partial charge in [0.05, 0.1) is 22.2 Å². The van der Waals surface area contributed by atoms with Crippen LogP contribution in [0, 0.1) is 10.1 Å². The SMILES string of the molecule is O=[N+]([O-])c1cc(Br)c([O-])c(/C=N\Nc2nc3ccccc3[nH]2)c1. The minimum absolute atomic E-state index is 0.0923. The standard InChI is InChI=1S/C14H10BrN5O3/c15-10-6-9(20(22)23)5-8(13(10)21)7-16-19-14-17-11-3-1-2-4-12(11)18-14/h1-7,21H,(H2,17,18,19)/p-1/b16-7-. The van der Waals surface area contributed by atoms with Crippen LogP contribution in [0.2, 0.25) is 0 Å². The second-order valence-corrected chi connectivity index (χ2v) is 5.43. The quantitative estimate of drug-likeness (QED) is 0.413. The van der Waals surface area contributed by atoms with Crippen molar-refractivity contribution in [3.63, 3.8) is 0 Å². The van der Waals surface area contributed by atoms with Crippen LogP contribution in [0.3, 0.4) is 0 Å². The van der Waals surface area contributed by atoms with Crippen LogP contribution in [0.25, 0.3) is 11.0 Å². The minimum Gasteiger partial charge on any atom is -0.871 e. The van der Waals surface area contributed by atoms with Gasteiger partial charge in [-0.3, -0.25) is 10.1 Å². The van der Waals surface area contributed by atoms with Crippen LogP contribution >= 0.6 is 15.9 Å². The first kappa shape index (κ1) is 15.0. The number of halogens is 1. The average Bonchev–Trinajstić information content (AvgIpc) is 2.93. The van der Waals surface area contributed by atoms with E-state index in [0.717, 1.165) is 23.2 Å². The van der Waals surface area contributed by atoms with E-state index in [2.05, 4.69) is 36.4 Å². The predicted molar refractivity (Wildman–Crippen MR) is 87.6 cm³/mol. The van der Waals surface area contributed by atoms with E-state index in [4.69, 9.17) is 0 Å². The van der Waals surface area contributed by atoms with Gasteiger partial charge in [-0.1, -0.05) is 33.8 Å². The van der Waals surface area contributed by atoms with Crippen LogP contribution in [0.1, 0.15) is 5.56 Å². The van der Waals surface area contributed by atoms with E-state index in [1.54, 1.807) is 0 Å². The number of hydrogen-bond donors (Lipinski definition) is 2. The number of aromatic amines is 1. The molecule has 0 unspecified atom stereocenters. The van der Waals surface area contributed by atoms with Crippen molar-refractivity contribution in [1.29, 1.82) is 0 Å². The van der Waals surface area contributed by atoms with Crippen molar-refractivity contribution in [2.24, 2.45) is 5.10 Å². The number of rotatable bonds is 4. The number of hydrogen-bond acceptors (Lipinski definition) is 6. The molecule has 23 heavy (non-hydrogen) atoms. The lowest BCUT2D eigenvalue weighted by Crippen LogP contribution is -2.01. The molecule has 0 amide bonds. The molecule has 1 aromatic heterocycles. The molecule has 3 aromatic rings. The fourth-order valence-electron chi connectivity index (χ4n) is 1.97. The topological polar surface area (TPSA) is 119 Å². The second kappa shape index (κ2) is 6.05. The Kier molecular flexibility index (Phi) is 3.94. The Labute approximate surface area is 138 Å². The number of nitrogens with one attached hydrogen (secondary N) is 2. The van der Waals surface area contributed by atoms with Crippen LogP contribution in [0.15, 0.2) is 46.0 Å². The highest BCUT2D eigenvalue weighted by molar-refractivity contribution is 9.10. The minimum atomic E-state index is -0.575.